The molecule has 2 rings (SSSR count). The zero-order valence-corrected chi connectivity index (χ0v) is 11.4. The van der Waals surface area contributed by atoms with E-state index in [4.69, 9.17) is 0 Å². The second-order valence-corrected chi connectivity index (χ2v) is 4.75. The summed E-state index contributed by atoms with van der Waals surface area (Å²) in [4.78, 5) is 35.5. The molecule has 112 valence electrons. The highest BCUT2D eigenvalue weighted by molar-refractivity contribution is 6.12. The van der Waals surface area contributed by atoms with E-state index in [1.54, 1.807) is 0 Å². The maximum atomic E-state index is 11.8. The topological polar surface area (TPSA) is 99.8 Å². The number of hydrogen-bond donors (Lipinski definition) is 2. The van der Waals surface area contributed by atoms with Crippen molar-refractivity contribution in [3.63, 3.8) is 0 Å². The fourth-order valence-corrected chi connectivity index (χ4v) is 2.16. The van der Waals surface area contributed by atoms with Crippen LogP contribution in [0.4, 0.5) is 0 Å². The molecule has 2 amide bonds. The van der Waals surface area contributed by atoms with Crippen molar-refractivity contribution in [1.29, 1.82) is 0 Å². The van der Waals surface area contributed by atoms with Crippen molar-refractivity contribution in [2.24, 2.45) is 0 Å². The third-order valence-corrected chi connectivity index (χ3v) is 3.26. The van der Waals surface area contributed by atoms with Crippen LogP contribution < -0.4 is 0 Å². The van der Waals surface area contributed by atoms with Crippen LogP contribution in [0.3, 0.4) is 0 Å². The van der Waals surface area contributed by atoms with Gasteiger partial charge >= 0.3 is 0 Å². The summed E-state index contributed by atoms with van der Waals surface area (Å²) >= 11 is 0. The number of unbranched alkanes of at least 4 members (excludes halogenated alkanes) is 2. The van der Waals surface area contributed by atoms with Crippen LogP contribution in [0.5, 0.6) is 11.8 Å². The summed E-state index contributed by atoms with van der Waals surface area (Å²) in [6.45, 7) is 0.332. The Morgan fingerprint density at radius 2 is 1.52 bits per heavy atom. The van der Waals surface area contributed by atoms with Gasteiger partial charge in [0, 0.05) is 37.3 Å². The van der Waals surface area contributed by atoms with Crippen molar-refractivity contribution >= 4 is 17.7 Å². The summed E-state index contributed by atoms with van der Waals surface area (Å²) in [5.74, 6) is -1.60. The first-order chi connectivity index (χ1) is 10.0. The SMILES string of the molecule is O=C1C=CC(=O)N1CCCCCC(=O)n1c(O)ccc1O. The molecule has 0 saturated carbocycles. The number of nitrogens with zero attached hydrogens (tertiary/aromatic N) is 2. The minimum Gasteiger partial charge on any atom is -0.494 e. The maximum Gasteiger partial charge on any atom is 0.253 e. The number of aromatic hydroxyl groups is 2. The second-order valence-electron chi connectivity index (χ2n) is 4.75. The molecule has 0 saturated heterocycles. The minimum absolute atomic E-state index is 0.163. The predicted molar refractivity (Wildman–Crippen MR) is 72.7 cm³/mol. The van der Waals surface area contributed by atoms with Gasteiger partial charge in [-0.05, 0) is 12.8 Å². The van der Waals surface area contributed by atoms with E-state index in [1.807, 2.05) is 0 Å². The fraction of sp³-hybridized carbons (Fsp3) is 0.357. The highest BCUT2D eigenvalue weighted by Gasteiger charge is 2.22. The van der Waals surface area contributed by atoms with Crippen LogP contribution >= 0.6 is 0 Å². The van der Waals surface area contributed by atoms with Crippen LogP contribution in [0, 0.1) is 0 Å². The summed E-state index contributed by atoms with van der Waals surface area (Å²) in [6, 6.07) is 2.48. The van der Waals surface area contributed by atoms with Gasteiger partial charge < -0.3 is 10.2 Å². The largest absolute Gasteiger partial charge is 0.494 e. The minimum atomic E-state index is -0.398. The number of carbonyl (C=O) groups excluding carboxylic acids is 3. The molecule has 0 aliphatic carbocycles. The number of aromatic nitrogens is 1. The molecule has 0 fully saturated rings. The Labute approximate surface area is 121 Å². The Balaban J connectivity index is 1.70. The van der Waals surface area contributed by atoms with E-state index in [2.05, 4.69) is 0 Å². The first-order valence-electron chi connectivity index (χ1n) is 6.67. The van der Waals surface area contributed by atoms with Crippen molar-refractivity contribution in [3.05, 3.63) is 24.3 Å². The molecule has 0 spiro atoms. The molecular weight excluding hydrogens is 276 g/mol. The predicted octanol–water partition coefficient (Wildman–Crippen LogP) is 1.02. The van der Waals surface area contributed by atoms with Gasteiger partial charge in [-0.2, -0.15) is 0 Å². The second kappa shape index (κ2) is 6.25. The first kappa shape index (κ1) is 14.8. The monoisotopic (exact) mass is 292 g/mol. The fourth-order valence-electron chi connectivity index (χ4n) is 2.16. The summed E-state index contributed by atoms with van der Waals surface area (Å²) in [6.07, 6.45) is 4.45. The van der Waals surface area contributed by atoms with Gasteiger partial charge in [0.15, 0.2) is 0 Å². The molecule has 1 aliphatic heterocycles. The lowest BCUT2D eigenvalue weighted by molar-refractivity contribution is -0.136. The lowest BCUT2D eigenvalue weighted by Crippen LogP contribution is -2.30. The van der Waals surface area contributed by atoms with Crippen molar-refractivity contribution in [2.75, 3.05) is 6.54 Å². The molecule has 1 aromatic heterocycles. The summed E-state index contributed by atoms with van der Waals surface area (Å²) in [5.41, 5.74) is 0. The van der Waals surface area contributed by atoms with Crippen LogP contribution in [0.15, 0.2) is 24.3 Å². The third-order valence-electron chi connectivity index (χ3n) is 3.26. The average Bonchev–Trinajstić information content (AvgIpc) is 2.94. The molecule has 0 radical (unpaired) electrons. The smallest absolute Gasteiger partial charge is 0.253 e. The molecule has 0 atom stereocenters. The normalized spacial score (nSPS) is 14.2. The number of rotatable bonds is 6. The van der Waals surface area contributed by atoms with Crippen LogP contribution in [0.2, 0.25) is 0 Å². The molecule has 0 unspecified atom stereocenters. The quantitative estimate of drug-likeness (QED) is 0.602. The van der Waals surface area contributed by atoms with E-state index in [-0.39, 0.29) is 30.0 Å². The Morgan fingerprint density at radius 1 is 0.952 bits per heavy atom. The lowest BCUT2D eigenvalue weighted by atomic mass is 10.2. The standard InChI is InChI=1S/C14H16N2O5/c17-10-5-6-11(18)15(10)9-3-1-2-4-12(19)16-13(20)7-8-14(16)21/h5-8,20-21H,1-4,9H2. The average molecular weight is 292 g/mol. The van der Waals surface area contributed by atoms with E-state index >= 15 is 0 Å². The van der Waals surface area contributed by atoms with Crippen LogP contribution in [-0.2, 0) is 9.59 Å². The number of imide groups is 1. The number of amides is 2. The Bertz CT molecular complexity index is 565. The highest BCUT2D eigenvalue weighted by Crippen LogP contribution is 2.21. The number of hydrogen-bond acceptors (Lipinski definition) is 5. The molecular formula is C14H16N2O5. The van der Waals surface area contributed by atoms with Gasteiger partial charge in [0.25, 0.3) is 11.8 Å². The molecule has 0 aromatic carbocycles. The Kier molecular flexibility index (Phi) is 4.42. The molecule has 1 aliphatic rings. The summed E-state index contributed by atoms with van der Waals surface area (Å²) < 4.78 is 0.845. The molecule has 7 heteroatoms. The van der Waals surface area contributed by atoms with Gasteiger partial charge in [-0.3, -0.25) is 19.3 Å². The van der Waals surface area contributed by atoms with E-state index in [0.717, 1.165) is 9.47 Å². The van der Waals surface area contributed by atoms with Crippen molar-refractivity contribution in [1.82, 2.24) is 9.47 Å². The summed E-state index contributed by atoms with van der Waals surface area (Å²) in [7, 11) is 0. The van der Waals surface area contributed by atoms with Gasteiger partial charge in [0.2, 0.25) is 17.7 Å². The van der Waals surface area contributed by atoms with E-state index in [0.29, 0.717) is 25.8 Å². The zero-order chi connectivity index (χ0) is 15.4. The lowest BCUT2D eigenvalue weighted by Gasteiger charge is -2.13. The zero-order valence-electron chi connectivity index (χ0n) is 11.4. The molecule has 21 heavy (non-hydrogen) atoms. The van der Waals surface area contributed by atoms with Crippen LogP contribution in [0.25, 0.3) is 0 Å². The molecule has 2 N–H and O–H groups in total. The first-order valence-corrected chi connectivity index (χ1v) is 6.67. The third kappa shape index (κ3) is 3.31. The van der Waals surface area contributed by atoms with Gasteiger partial charge in [0.1, 0.15) is 0 Å². The van der Waals surface area contributed by atoms with Gasteiger partial charge in [-0.1, -0.05) is 6.42 Å². The van der Waals surface area contributed by atoms with Crippen LogP contribution in [-0.4, -0.2) is 43.9 Å². The summed E-state index contributed by atoms with van der Waals surface area (Å²) in [5, 5.41) is 18.8. The number of carbonyl (C=O) groups is 3. The highest BCUT2D eigenvalue weighted by atomic mass is 16.3. The van der Waals surface area contributed by atoms with Crippen molar-refractivity contribution < 1.29 is 24.6 Å². The molecule has 2 heterocycles. The molecule has 7 nitrogen and oxygen atoms in total. The van der Waals surface area contributed by atoms with Gasteiger partial charge in [-0.15, -0.1) is 0 Å². The Hall–Kier alpha value is -2.57. The van der Waals surface area contributed by atoms with E-state index in [9.17, 15) is 24.6 Å². The maximum absolute atomic E-state index is 11.8. The molecule has 1 aromatic rings. The van der Waals surface area contributed by atoms with Gasteiger partial charge in [-0.25, -0.2) is 4.57 Å². The Morgan fingerprint density at radius 3 is 2.10 bits per heavy atom. The van der Waals surface area contributed by atoms with Crippen LogP contribution in [0.1, 0.15) is 30.5 Å². The van der Waals surface area contributed by atoms with E-state index in [1.165, 1.54) is 24.3 Å². The molecule has 0 bridgehead atoms. The van der Waals surface area contributed by atoms with E-state index < -0.39 is 5.91 Å². The van der Waals surface area contributed by atoms with Crippen molar-refractivity contribution in [2.45, 2.75) is 25.7 Å². The van der Waals surface area contributed by atoms with Gasteiger partial charge in [0.05, 0.1) is 0 Å². The van der Waals surface area contributed by atoms with Crippen molar-refractivity contribution in [3.8, 4) is 11.8 Å².